The van der Waals surface area contributed by atoms with Crippen LogP contribution in [-0.2, 0) is 4.79 Å². The number of benzene rings is 1. The minimum Gasteiger partial charge on any atom is -0.348 e. The molecule has 1 saturated heterocycles. The van der Waals surface area contributed by atoms with Gasteiger partial charge in [0.25, 0.3) is 5.91 Å². The lowest BCUT2D eigenvalue weighted by Crippen LogP contribution is -3.07. The third-order valence-corrected chi connectivity index (χ3v) is 5.79. The lowest BCUT2D eigenvalue weighted by Gasteiger charge is -2.26. The lowest BCUT2D eigenvalue weighted by atomic mass is 10.1. The van der Waals surface area contributed by atoms with Crippen molar-refractivity contribution in [2.45, 2.75) is 24.9 Å². The Hall–Kier alpha value is -2.18. The molecule has 2 heterocycles. The number of likely N-dealkylation sites (tertiary alicyclic amines) is 1. The first-order chi connectivity index (χ1) is 12.6. The monoisotopic (exact) mass is 372 g/mol. The summed E-state index contributed by atoms with van der Waals surface area (Å²) < 4.78 is 0. The molecule has 2 amide bonds. The number of hydrogen-bond acceptors (Lipinski definition) is 3. The number of amides is 2. The Kier molecular flexibility index (Phi) is 6.06. The summed E-state index contributed by atoms with van der Waals surface area (Å²) in [7, 11) is 4.18. The highest BCUT2D eigenvalue weighted by atomic mass is 32.1. The molecule has 2 aromatic rings. The highest BCUT2D eigenvalue weighted by molar-refractivity contribution is 7.12. The van der Waals surface area contributed by atoms with Crippen LogP contribution in [0.5, 0.6) is 0 Å². The molecule has 0 unspecified atom stereocenters. The number of thiophene rings is 1. The molecule has 1 aliphatic rings. The van der Waals surface area contributed by atoms with Gasteiger partial charge in [-0.1, -0.05) is 36.4 Å². The molecule has 0 radical (unpaired) electrons. The Morgan fingerprint density at radius 3 is 2.65 bits per heavy atom. The van der Waals surface area contributed by atoms with E-state index < -0.39 is 0 Å². The molecule has 3 rings (SSSR count). The van der Waals surface area contributed by atoms with Gasteiger partial charge in [-0.2, -0.15) is 0 Å². The first-order valence-corrected chi connectivity index (χ1v) is 9.93. The molecule has 1 aromatic carbocycles. The van der Waals surface area contributed by atoms with Gasteiger partial charge in [-0.15, -0.1) is 11.3 Å². The summed E-state index contributed by atoms with van der Waals surface area (Å²) in [4.78, 5) is 29.1. The Bertz CT molecular complexity index is 731. The summed E-state index contributed by atoms with van der Waals surface area (Å²) in [5.74, 6) is -0.0786. The van der Waals surface area contributed by atoms with Crippen molar-refractivity contribution in [3.8, 4) is 0 Å². The predicted octanol–water partition coefficient (Wildman–Crippen LogP) is 1.35. The molecule has 1 aliphatic heterocycles. The van der Waals surface area contributed by atoms with Gasteiger partial charge in [0.1, 0.15) is 12.1 Å². The van der Waals surface area contributed by atoms with E-state index in [9.17, 15) is 9.59 Å². The average molecular weight is 373 g/mol. The van der Waals surface area contributed by atoms with Crippen molar-refractivity contribution in [1.82, 2.24) is 10.2 Å². The zero-order valence-corrected chi connectivity index (χ0v) is 16.1. The van der Waals surface area contributed by atoms with Crippen molar-refractivity contribution in [2.24, 2.45) is 0 Å². The fraction of sp³-hybridized carbons (Fsp3) is 0.400. The predicted molar refractivity (Wildman–Crippen MR) is 103 cm³/mol. The van der Waals surface area contributed by atoms with Gasteiger partial charge < -0.3 is 15.1 Å². The van der Waals surface area contributed by atoms with Crippen molar-refractivity contribution < 1.29 is 14.5 Å². The zero-order valence-electron chi connectivity index (χ0n) is 15.3. The number of carbonyl (C=O) groups excluding carboxylic acids is 2. The van der Waals surface area contributed by atoms with Gasteiger partial charge in [0.2, 0.25) is 5.91 Å². The number of likely N-dealkylation sites (N-methyl/N-ethyl adjacent to an activating group) is 1. The summed E-state index contributed by atoms with van der Waals surface area (Å²) in [6.07, 6.45) is 1.60. The first kappa shape index (κ1) is 18.6. The van der Waals surface area contributed by atoms with Crippen LogP contribution in [0.15, 0.2) is 47.8 Å². The molecular formula is C20H26N3O2S+. The van der Waals surface area contributed by atoms with Crippen molar-refractivity contribution in [1.29, 1.82) is 0 Å². The van der Waals surface area contributed by atoms with E-state index in [2.05, 4.69) is 31.5 Å². The summed E-state index contributed by atoms with van der Waals surface area (Å²) in [6.45, 7) is 1.21. The first-order valence-electron chi connectivity index (χ1n) is 9.05. The molecule has 6 heteroatoms. The van der Waals surface area contributed by atoms with Crippen LogP contribution in [0.3, 0.4) is 0 Å². The van der Waals surface area contributed by atoms with Gasteiger partial charge in [0.15, 0.2) is 0 Å². The van der Waals surface area contributed by atoms with Crippen LogP contribution in [0, 0.1) is 0 Å². The highest BCUT2D eigenvalue weighted by Crippen LogP contribution is 2.22. The van der Waals surface area contributed by atoms with E-state index in [-0.39, 0.29) is 23.9 Å². The number of nitrogens with zero attached hydrogens (tertiary/aromatic N) is 1. The maximum atomic E-state index is 12.8. The van der Waals surface area contributed by atoms with E-state index in [4.69, 9.17) is 0 Å². The summed E-state index contributed by atoms with van der Waals surface area (Å²) in [6, 6.07) is 13.7. The Morgan fingerprint density at radius 2 is 2.00 bits per heavy atom. The van der Waals surface area contributed by atoms with Crippen molar-refractivity contribution in [2.75, 3.05) is 27.2 Å². The van der Waals surface area contributed by atoms with Gasteiger partial charge in [-0.25, -0.2) is 0 Å². The smallest absolute Gasteiger partial charge is 0.264 e. The molecule has 2 atom stereocenters. The van der Waals surface area contributed by atoms with E-state index in [1.807, 2.05) is 35.7 Å². The van der Waals surface area contributed by atoms with Gasteiger partial charge in [-0.05, 0) is 24.3 Å². The number of rotatable bonds is 6. The average Bonchev–Trinajstić information content (AvgIpc) is 3.33. The van der Waals surface area contributed by atoms with Crippen LogP contribution in [0.1, 0.15) is 34.1 Å². The standard InChI is InChI=1S/C20H25N3O2S/c1-22(2)17(15-8-4-3-5-9-15)14-21-19(24)16-10-6-12-23(16)20(25)18-11-7-13-26-18/h3-5,7-9,11,13,16-17H,6,10,12,14H2,1-2H3,(H,21,24)/p+1/t16-,17+/m1/s1. The molecule has 0 saturated carbocycles. The van der Waals surface area contributed by atoms with Crippen molar-refractivity contribution in [3.63, 3.8) is 0 Å². The number of hydrogen-bond donors (Lipinski definition) is 2. The van der Waals surface area contributed by atoms with E-state index >= 15 is 0 Å². The Morgan fingerprint density at radius 1 is 1.23 bits per heavy atom. The van der Waals surface area contributed by atoms with E-state index in [0.29, 0.717) is 18.0 Å². The Balaban J connectivity index is 1.64. The van der Waals surface area contributed by atoms with Gasteiger partial charge in [-0.3, -0.25) is 9.59 Å². The largest absolute Gasteiger partial charge is 0.348 e. The molecule has 1 aromatic heterocycles. The van der Waals surface area contributed by atoms with Crippen LogP contribution >= 0.6 is 11.3 Å². The SMILES string of the molecule is C[NH+](C)[C@@H](CNC(=O)[C@H]1CCCN1C(=O)c1cccs1)c1ccccc1. The molecule has 26 heavy (non-hydrogen) atoms. The molecule has 2 N–H and O–H groups in total. The zero-order chi connectivity index (χ0) is 18.5. The van der Waals surface area contributed by atoms with Gasteiger partial charge in [0, 0.05) is 12.1 Å². The minimum absolute atomic E-state index is 0.0320. The van der Waals surface area contributed by atoms with Crippen LogP contribution in [0.25, 0.3) is 0 Å². The van der Waals surface area contributed by atoms with Crippen LogP contribution < -0.4 is 10.2 Å². The summed E-state index contributed by atoms with van der Waals surface area (Å²) in [5, 5.41) is 4.98. The fourth-order valence-corrected chi connectivity index (χ4v) is 4.16. The van der Waals surface area contributed by atoms with Gasteiger partial charge in [0.05, 0.1) is 25.5 Å². The van der Waals surface area contributed by atoms with Crippen LogP contribution in [0.4, 0.5) is 0 Å². The lowest BCUT2D eigenvalue weighted by molar-refractivity contribution is -0.890. The van der Waals surface area contributed by atoms with Crippen LogP contribution in [0.2, 0.25) is 0 Å². The Labute approximate surface area is 158 Å². The molecule has 0 spiro atoms. The van der Waals surface area contributed by atoms with Crippen molar-refractivity contribution >= 4 is 23.2 Å². The second-order valence-corrected chi connectivity index (χ2v) is 7.87. The molecular weight excluding hydrogens is 346 g/mol. The number of carbonyl (C=O) groups is 2. The summed E-state index contributed by atoms with van der Waals surface area (Å²) >= 11 is 1.42. The van der Waals surface area contributed by atoms with Gasteiger partial charge >= 0.3 is 0 Å². The molecule has 1 fully saturated rings. The van der Waals surface area contributed by atoms with Crippen molar-refractivity contribution in [3.05, 3.63) is 58.3 Å². The number of nitrogens with one attached hydrogen (secondary N) is 2. The number of quaternary nitrogens is 1. The van der Waals surface area contributed by atoms with E-state index in [1.54, 1.807) is 4.90 Å². The minimum atomic E-state index is -0.363. The molecule has 0 aliphatic carbocycles. The second-order valence-electron chi connectivity index (χ2n) is 6.92. The van der Waals surface area contributed by atoms with E-state index in [1.165, 1.54) is 21.8 Å². The maximum absolute atomic E-state index is 12.8. The summed E-state index contributed by atoms with van der Waals surface area (Å²) in [5.41, 5.74) is 1.20. The molecule has 5 nitrogen and oxygen atoms in total. The topological polar surface area (TPSA) is 53.9 Å². The third-order valence-electron chi connectivity index (χ3n) is 4.93. The maximum Gasteiger partial charge on any atom is 0.264 e. The van der Waals surface area contributed by atoms with Crippen LogP contribution in [-0.4, -0.2) is 49.9 Å². The third kappa shape index (κ3) is 4.14. The molecule has 138 valence electrons. The normalized spacial score (nSPS) is 18.1. The van der Waals surface area contributed by atoms with E-state index in [0.717, 1.165) is 12.8 Å². The highest BCUT2D eigenvalue weighted by Gasteiger charge is 2.35. The quantitative estimate of drug-likeness (QED) is 0.804. The second kappa shape index (κ2) is 8.47. The fourth-order valence-electron chi connectivity index (χ4n) is 3.49. The molecule has 0 bridgehead atoms.